The number of carbonyl (C=O) groups excluding carboxylic acids is 2. The van der Waals surface area contributed by atoms with Crippen LogP contribution in [-0.2, 0) is 9.59 Å². The van der Waals surface area contributed by atoms with Crippen LogP contribution in [0.2, 0.25) is 0 Å². The van der Waals surface area contributed by atoms with E-state index in [1.54, 1.807) is 36.5 Å². The summed E-state index contributed by atoms with van der Waals surface area (Å²) in [6.07, 6.45) is 6.99. The van der Waals surface area contributed by atoms with E-state index >= 15 is 0 Å². The molecule has 2 heterocycles. The van der Waals surface area contributed by atoms with Crippen LogP contribution in [0.25, 0.3) is 0 Å². The minimum Gasteiger partial charge on any atom is -0.481 e. The molecule has 1 aliphatic rings. The van der Waals surface area contributed by atoms with Crippen molar-refractivity contribution in [3.05, 3.63) is 59.9 Å². The lowest BCUT2D eigenvalue weighted by Crippen LogP contribution is -2.39. The molecule has 1 aromatic heterocycles. The number of hydrogen-bond donors (Lipinski definition) is 4. The molecule has 9 heteroatoms. The van der Waals surface area contributed by atoms with Crippen LogP contribution >= 0.6 is 0 Å². The Hall–Kier alpha value is -3.75. The van der Waals surface area contributed by atoms with Gasteiger partial charge < -0.3 is 21.1 Å². The summed E-state index contributed by atoms with van der Waals surface area (Å²) in [7, 11) is 0. The van der Waals surface area contributed by atoms with Crippen LogP contribution in [0.3, 0.4) is 0 Å². The first-order valence-electron chi connectivity index (χ1n) is 10.6. The standard InChI is InChI=1S/C23H27N5O4/c29-21(28-19(13-22(30)31)17-7-5-10-24-14-17)15-26-23(32)16-6-4-8-18(12-16)27-20-9-2-1-3-11-25-20/h4-8,10,12,14,19H,1-3,9,11,13,15H2,(H,25,27)(H,26,32)(H,28,29)(H,30,31). The highest BCUT2D eigenvalue weighted by Gasteiger charge is 2.19. The van der Waals surface area contributed by atoms with Crippen molar-refractivity contribution in [3.63, 3.8) is 0 Å². The second-order valence-corrected chi connectivity index (χ2v) is 7.53. The van der Waals surface area contributed by atoms with Crippen molar-refractivity contribution in [2.24, 2.45) is 4.99 Å². The van der Waals surface area contributed by atoms with Crippen LogP contribution < -0.4 is 16.0 Å². The first-order chi connectivity index (χ1) is 15.5. The van der Waals surface area contributed by atoms with Gasteiger partial charge in [-0.1, -0.05) is 18.6 Å². The van der Waals surface area contributed by atoms with E-state index in [2.05, 4.69) is 25.9 Å². The van der Waals surface area contributed by atoms with Crippen LogP contribution in [0.4, 0.5) is 5.69 Å². The quantitative estimate of drug-likeness (QED) is 0.502. The molecule has 168 valence electrons. The Kier molecular flexibility index (Phi) is 8.30. The van der Waals surface area contributed by atoms with Gasteiger partial charge in [-0.3, -0.25) is 24.4 Å². The molecule has 0 saturated heterocycles. The van der Waals surface area contributed by atoms with E-state index in [9.17, 15) is 14.4 Å². The van der Waals surface area contributed by atoms with Crippen molar-refractivity contribution in [2.75, 3.05) is 18.4 Å². The third-order valence-corrected chi connectivity index (χ3v) is 5.00. The molecule has 0 saturated carbocycles. The molecule has 0 spiro atoms. The summed E-state index contributed by atoms with van der Waals surface area (Å²) in [5, 5.41) is 17.6. The van der Waals surface area contributed by atoms with Crippen molar-refractivity contribution >= 4 is 29.3 Å². The minimum absolute atomic E-state index is 0.278. The molecule has 1 atom stereocenters. The van der Waals surface area contributed by atoms with E-state index in [0.29, 0.717) is 11.1 Å². The van der Waals surface area contributed by atoms with E-state index in [0.717, 1.165) is 43.8 Å². The van der Waals surface area contributed by atoms with Crippen LogP contribution in [0.1, 0.15) is 54.1 Å². The Morgan fingerprint density at radius 3 is 2.75 bits per heavy atom. The highest BCUT2D eigenvalue weighted by molar-refractivity contribution is 5.99. The molecule has 4 N–H and O–H groups in total. The summed E-state index contributed by atoms with van der Waals surface area (Å²) in [6.45, 7) is 0.527. The van der Waals surface area contributed by atoms with Crippen molar-refractivity contribution in [1.29, 1.82) is 0 Å². The molecule has 3 rings (SSSR count). The van der Waals surface area contributed by atoms with Gasteiger partial charge >= 0.3 is 5.97 Å². The molecule has 0 radical (unpaired) electrons. The lowest BCUT2D eigenvalue weighted by Gasteiger charge is -2.17. The smallest absolute Gasteiger partial charge is 0.305 e. The number of hydrogen-bond acceptors (Lipinski definition) is 6. The number of pyridine rings is 1. The predicted octanol–water partition coefficient (Wildman–Crippen LogP) is 2.53. The number of carboxylic acid groups (broad SMARTS) is 1. The third kappa shape index (κ3) is 7.19. The number of nitrogens with zero attached hydrogens (tertiary/aromatic N) is 2. The summed E-state index contributed by atoms with van der Waals surface area (Å²) in [6, 6.07) is 9.62. The fourth-order valence-electron chi connectivity index (χ4n) is 3.40. The lowest BCUT2D eigenvalue weighted by molar-refractivity contribution is -0.137. The second kappa shape index (κ2) is 11.6. The van der Waals surface area contributed by atoms with Gasteiger partial charge in [-0.15, -0.1) is 0 Å². The Morgan fingerprint density at radius 1 is 1.09 bits per heavy atom. The average Bonchev–Trinajstić information content (AvgIpc) is 3.06. The predicted molar refractivity (Wildman–Crippen MR) is 121 cm³/mol. The van der Waals surface area contributed by atoms with Crippen molar-refractivity contribution in [2.45, 2.75) is 38.1 Å². The Bertz CT molecular complexity index is 977. The van der Waals surface area contributed by atoms with Gasteiger partial charge in [0.05, 0.1) is 19.0 Å². The molecule has 9 nitrogen and oxygen atoms in total. The van der Waals surface area contributed by atoms with Gasteiger partial charge in [0.15, 0.2) is 0 Å². The van der Waals surface area contributed by atoms with Gasteiger partial charge in [-0.05, 0) is 42.7 Å². The Morgan fingerprint density at radius 2 is 1.97 bits per heavy atom. The fraction of sp³-hybridized carbons (Fsp3) is 0.348. The molecule has 0 fully saturated rings. The summed E-state index contributed by atoms with van der Waals surface area (Å²) in [5.41, 5.74) is 1.75. The molecule has 2 amide bonds. The molecular formula is C23H27N5O4. The van der Waals surface area contributed by atoms with E-state index in [4.69, 9.17) is 5.11 Å². The normalized spacial score (nSPS) is 14.4. The highest BCUT2D eigenvalue weighted by atomic mass is 16.4. The number of aliphatic imine (C=N–C) groups is 1. The zero-order valence-corrected chi connectivity index (χ0v) is 17.7. The largest absolute Gasteiger partial charge is 0.481 e. The van der Waals surface area contributed by atoms with Crippen LogP contribution in [0.15, 0.2) is 53.8 Å². The number of benzene rings is 1. The van der Waals surface area contributed by atoms with Crippen molar-refractivity contribution in [3.8, 4) is 0 Å². The van der Waals surface area contributed by atoms with E-state index in [-0.39, 0.29) is 13.0 Å². The summed E-state index contributed by atoms with van der Waals surface area (Å²) in [4.78, 5) is 44.5. The number of rotatable bonds is 8. The molecular weight excluding hydrogens is 410 g/mol. The molecule has 1 aromatic carbocycles. The Labute approximate surface area is 186 Å². The molecule has 2 aromatic rings. The second-order valence-electron chi connectivity index (χ2n) is 7.53. The van der Waals surface area contributed by atoms with Gasteiger partial charge in [0.25, 0.3) is 5.91 Å². The minimum atomic E-state index is -1.05. The number of carbonyl (C=O) groups is 3. The van der Waals surface area contributed by atoms with Crippen LogP contribution in [-0.4, -0.2) is 46.8 Å². The van der Waals surface area contributed by atoms with Crippen molar-refractivity contribution in [1.82, 2.24) is 15.6 Å². The maximum Gasteiger partial charge on any atom is 0.305 e. The number of aliphatic carboxylic acids is 1. The van der Waals surface area contributed by atoms with Gasteiger partial charge in [-0.25, -0.2) is 0 Å². The maximum atomic E-state index is 12.5. The number of nitrogens with one attached hydrogen (secondary N) is 3. The number of aromatic nitrogens is 1. The molecule has 0 aliphatic carbocycles. The molecule has 0 bridgehead atoms. The van der Waals surface area contributed by atoms with Gasteiger partial charge in [0.1, 0.15) is 5.84 Å². The monoisotopic (exact) mass is 437 g/mol. The third-order valence-electron chi connectivity index (χ3n) is 5.00. The fourth-order valence-corrected chi connectivity index (χ4v) is 3.40. The van der Waals surface area contributed by atoms with E-state index in [1.165, 1.54) is 6.20 Å². The Balaban J connectivity index is 1.55. The average molecular weight is 438 g/mol. The van der Waals surface area contributed by atoms with Crippen LogP contribution in [0.5, 0.6) is 0 Å². The van der Waals surface area contributed by atoms with Crippen molar-refractivity contribution < 1.29 is 19.5 Å². The molecule has 1 aliphatic heterocycles. The van der Waals surface area contributed by atoms with E-state index in [1.807, 2.05) is 6.07 Å². The SMILES string of the molecule is O=C(O)CC(NC(=O)CNC(=O)c1cccc(NC2=NCCCCC2)c1)c1cccnc1. The first kappa shape index (κ1) is 22.9. The van der Waals surface area contributed by atoms with Crippen LogP contribution in [0, 0.1) is 0 Å². The topological polar surface area (TPSA) is 133 Å². The number of anilines is 1. The number of carboxylic acids is 1. The summed E-state index contributed by atoms with van der Waals surface area (Å²) in [5.74, 6) is -1.02. The molecule has 32 heavy (non-hydrogen) atoms. The van der Waals surface area contributed by atoms with E-state index < -0.39 is 23.8 Å². The first-order valence-corrected chi connectivity index (χ1v) is 10.6. The van der Waals surface area contributed by atoms with Gasteiger partial charge in [0.2, 0.25) is 5.91 Å². The number of amides is 2. The maximum absolute atomic E-state index is 12.5. The van der Waals surface area contributed by atoms with Gasteiger partial charge in [-0.2, -0.15) is 0 Å². The highest BCUT2D eigenvalue weighted by Crippen LogP contribution is 2.16. The lowest BCUT2D eigenvalue weighted by atomic mass is 10.1. The summed E-state index contributed by atoms with van der Waals surface area (Å²) < 4.78 is 0. The zero-order valence-electron chi connectivity index (χ0n) is 17.7. The molecule has 1 unspecified atom stereocenters. The number of amidine groups is 1. The zero-order chi connectivity index (χ0) is 22.8. The van der Waals surface area contributed by atoms with Gasteiger partial charge in [0, 0.05) is 36.6 Å². The summed E-state index contributed by atoms with van der Waals surface area (Å²) >= 11 is 0.